The molecule has 3 aromatic rings. The van der Waals surface area contributed by atoms with Gasteiger partial charge in [0.2, 0.25) is 11.7 Å². The van der Waals surface area contributed by atoms with E-state index in [2.05, 4.69) is 13.8 Å². The van der Waals surface area contributed by atoms with Gasteiger partial charge in [0.25, 0.3) is 5.56 Å². The van der Waals surface area contributed by atoms with Crippen molar-refractivity contribution < 1.29 is 19.0 Å². The van der Waals surface area contributed by atoms with Gasteiger partial charge < -0.3 is 19.1 Å². The molecule has 2 heterocycles. The SMILES string of the molecule is COc1cc(-c2nc3ccccc3c(=O)n2[C@H](CC(C)C)C(=O)N2CCCC2)cc(OC)c1OC. The predicted octanol–water partition coefficient (Wildman–Crippen LogP) is 4.30. The van der Waals surface area contributed by atoms with Crippen molar-refractivity contribution in [1.29, 1.82) is 0 Å². The highest BCUT2D eigenvalue weighted by atomic mass is 16.5. The molecule has 0 aliphatic carbocycles. The first-order chi connectivity index (χ1) is 16.9. The number of methoxy groups -OCH3 is 3. The lowest BCUT2D eigenvalue weighted by Gasteiger charge is -2.28. The van der Waals surface area contributed by atoms with Gasteiger partial charge in [-0.15, -0.1) is 0 Å². The highest BCUT2D eigenvalue weighted by Gasteiger charge is 2.32. The van der Waals surface area contributed by atoms with Crippen LogP contribution in [0.5, 0.6) is 17.2 Å². The summed E-state index contributed by atoms with van der Waals surface area (Å²) in [5, 5.41) is 0.478. The average Bonchev–Trinajstić information content (AvgIpc) is 3.41. The lowest BCUT2D eigenvalue weighted by atomic mass is 10.0. The van der Waals surface area contributed by atoms with E-state index in [-0.39, 0.29) is 17.4 Å². The summed E-state index contributed by atoms with van der Waals surface area (Å²) in [7, 11) is 4.62. The van der Waals surface area contributed by atoms with Crippen LogP contribution in [-0.2, 0) is 4.79 Å². The second-order valence-corrected chi connectivity index (χ2v) is 9.22. The van der Waals surface area contributed by atoms with Gasteiger partial charge in [-0.3, -0.25) is 14.2 Å². The van der Waals surface area contributed by atoms with Crippen molar-refractivity contribution >= 4 is 16.8 Å². The van der Waals surface area contributed by atoms with E-state index < -0.39 is 6.04 Å². The second-order valence-electron chi connectivity index (χ2n) is 9.22. The molecule has 1 atom stereocenters. The first-order valence-corrected chi connectivity index (χ1v) is 12.0. The summed E-state index contributed by atoms with van der Waals surface area (Å²) < 4.78 is 18.2. The Morgan fingerprint density at radius 1 is 1.00 bits per heavy atom. The third kappa shape index (κ3) is 4.70. The molecule has 1 aromatic heterocycles. The monoisotopic (exact) mass is 479 g/mol. The van der Waals surface area contributed by atoms with Crippen molar-refractivity contribution in [3.63, 3.8) is 0 Å². The maximum Gasteiger partial charge on any atom is 0.262 e. The van der Waals surface area contributed by atoms with E-state index in [0.29, 0.717) is 59.0 Å². The van der Waals surface area contributed by atoms with E-state index in [0.717, 1.165) is 12.8 Å². The summed E-state index contributed by atoms with van der Waals surface area (Å²) in [5.41, 5.74) is 0.928. The molecule has 1 aliphatic rings. The molecule has 0 bridgehead atoms. The maximum absolute atomic E-state index is 14.0. The fourth-order valence-electron chi connectivity index (χ4n) is 4.76. The highest BCUT2D eigenvalue weighted by molar-refractivity contribution is 5.84. The number of carbonyl (C=O) groups is 1. The summed E-state index contributed by atoms with van der Waals surface area (Å²) in [4.78, 5) is 34.5. The Hall–Kier alpha value is -3.55. The molecular formula is C27H33N3O5. The number of fused-ring (bicyclic) bond motifs is 1. The maximum atomic E-state index is 14.0. The van der Waals surface area contributed by atoms with Crippen molar-refractivity contribution in [2.75, 3.05) is 34.4 Å². The number of amides is 1. The molecule has 35 heavy (non-hydrogen) atoms. The number of para-hydroxylation sites is 1. The van der Waals surface area contributed by atoms with Crippen LogP contribution in [0, 0.1) is 5.92 Å². The zero-order valence-electron chi connectivity index (χ0n) is 21.0. The molecule has 2 aromatic carbocycles. The lowest BCUT2D eigenvalue weighted by Crippen LogP contribution is -2.40. The first-order valence-electron chi connectivity index (χ1n) is 12.0. The molecular weight excluding hydrogens is 446 g/mol. The van der Waals surface area contributed by atoms with Crippen molar-refractivity contribution in [1.82, 2.24) is 14.5 Å². The molecule has 0 radical (unpaired) electrons. The molecule has 1 amide bonds. The van der Waals surface area contributed by atoms with E-state index in [1.165, 1.54) is 7.11 Å². The molecule has 0 unspecified atom stereocenters. The number of ether oxygens (including phenoxy) is 3. The van der Waals surface area contributed by atoms with Gasteiger partial charge in [-0.1, -0.05) is 26.0 Å². The number of hydrogen-bond donors (Lipinski definition) is 0. The van der Waals surface area contributed by atoms with Crippen molar-refractivity contribution in [2.45, 2.75) is 39.2 Å². The van der Waals surface area contributed by atoms with Crippen LogP contribution in [0.4, 0.5) is 0 Å². The number of nitrogens with zero attached hydrogens (tertiary/aromatic N) is 3. The standard InChI is InChI=1S/C27H33N3O5/c1-17(2)14-21(27(32)29-12-8-9-13-29)30-25(28-20-11-7-6-10-19(20)26(30)31)18-15-22(33-3)24(35-5)23(16-18)34-4/h6-7,10-11,15-17,21H,8-9,12-14H2,1-5H3/t21-/m1/s1. The number of likely N-dealkylation sites (tertiary alicyclic amines) is 1. The zero-order valence-corrected chi connectivity index (χ0v) is 21.0. The minimum Gasteiger partial charge on any atom is -0.493 e. The zero-order chi connectivity index (χ0) is 25.1. The highest BCUT2D eigenvalue weighted by Crippen LogP contribution is 2.41. The molecule has 8 heteroatoms. The van der Waals surface area contributed by atoms with Crippen molar-refractivity contribution in [3.05, 3.63) is 46.8 Å². The Morgan fingerprint density at radius 2 is 1.63 bits per heavy atom. The van der Waals surface area contributed by atoms with Gasteiger partial charge in [0, 0.05) is 18.7 Å². The fourth-order valence-corrected chi connectivity index (χ4v) is 4.76. The smallest absolute Gasteiger partial charge is 0.262 e. The quantitative estimate of drug-likeness (QED) is 0.479. The molecule has 4 rings (SSSR count). The topological polar surface area (TPSA) is 82.9 Å². The summed E-state index contributed by atoms with van der Waals surface area (Å²) in [6, 6.07) is 10.1. The summed E-state index contributed by atoms with van der Waals surface area (Å²) >= 11 is 0. The largest absolute Gasteiger partial charge is 0.493 e. The summed E-state index contributed by atoms with van der Waals surface area (Å²) in [5.74, 6) is 1.89. The van der Waals surface area contributed by atoms with E-state index >= 15 is 0 Å². The Labute approximate surface area is 205 Å². The fraction of sp³-hybridized carbons (Fsp3) is 0.444. The van der Waals surface area contributed by atoms with Gasteiger partial charge in [0.15, 0.2) is 11.5 Å². The Kier molecular flexibility index (Phi) is 7.28. The van der Waals surface area contributed by atoms with Gasteiger partial charge in [0.1, 0.15) is 11.9 Å². The van der Waals surface area contributed by atoms with Crippen molar-refractivity contribution in [3.8, 4) is 28.6 Å². The van der Waals surface area contributed by atoms with Crippen LogP contribution in [0.15, 0.2) is 41.2 Å². The Bertz CT molecular complexity index is 1250. The van der Waals surface area contributed by atoms with E-state index in [1.807, 2.05) is 23.1 Å². The lowest BCUT2D eigenvalue weighted by molar-refractivity contribution is -0.134. The van der Waals surface area contributed by atoms with Crippen LogP contribution < -0.4 is 19.8 Å². The van der Waals surface area contributed by atoms with Crippen molar-refractivity contribution in [2.24, 2.45) is 5.92 Å². The summed E-state index contributed by atoms with van der Waals surface area (Å²) in [6.07, 6.45) is 2.47. The first kappa shape index (κ1) is 24.6. The number of aromatic nitrogens is 2. The van der Waals surface area contributed by atoms with Crippen LogP contribution in [0.25, 0.3) is 22.3 Å². The van der Waals surface area contributed by atoms with Crippen LogP contribution in [0.3, 0.4) is 0 Å². The second kappa shape index (κ2) is 10.4. The van der Waals surface area contributed by atoms with E-state index in [9.17, 15) is 9.59 Å². The third-order valence-corrected chi connectivity index (χ3v) is 6.44. The number of carbonyl (C=O) groups excluding carboxylic acids is 1. The molecule has 1 aliphatic heterocycles. The van der Waals surface area contributed by atoms with Crippen LogP contribution in [-0.4, -0.2) is 54.8 Å². The van der Waals surface area contributed by atoms with E-state index in [1.54, 1.807) is 37.0 Å². The van der Waals surface area contributed by atoms with Crippen LogP contribution in [0.1, 0.15) is 39.2 Å². The molecule has 0 saturated carbocycles. The molecule has 1 fully saturated rings. The molecule has 186 valence electrons. The minimum absolute atomic E-state index is 0.0379. The Balaban J connectivity index is 2.02. The molecule has 1 saturated heterocycles. The summed E-state index contributed by atoms with van der Waals surface area (Å²) in [6.45, 7) is 5.54. The number of hydrogen-bond acceptors (Lipinski definition) is 6. The number of rotatable bonds is 8. The van der Waals surface area contributed by atoms with Gasteiger partial charge >= 0.3 is 0 Å². The van der Waals surface area contributed by atoms with Crippen LogP contribution >= 0.6 is 0 Å². The molecule has 0 N–H and O–H groups in total. The van der Waals surface area contributed by atoms with Gasteiger partial charge in [-0.25, -0.2) is 4.98 Å². The molecule has 0 spiro atoms. The normalized spacial score (nSPS) is 14.4. The van der Waals surface area contributed by atoms with Gasteiger partial charge in [-0.2, -0.15) is 0 Å². The predicted molar refractivity (Wildman–Crippen MR) is 135 cm³/mol. The minimum atomic E-state index is -0.674. The third-order valence-electron chi connectivity index (χ3n) is 6.44. The van der Waals surface area contributed by atoms with E-state index in [4.69, 9.17) is 19.2 Å². The molecule has 8 nitrogen and oxygen atoms in total. The average molecular weight is 480 g/mol. The Morgan fingerprint density at radius 3 is 2.20 bits per heavy atom. The van der Waals surface area contributed by atoms with Crippen LogP contribution in [0.2, 0.25) is 0 Å². The number of benzene rings is 2. The van der Waals surface area contributed by atoms with Gasteiger partial charge in [-0.05, 0) is 49.4 Å². The van der Waals surface area contributed by atoms with Gasteiger partial charge in [0.05, 0.1) is 32.2 Å².